The zero-order chi connectivity index (χ0) is 28.7. The monoisotopic (exact) mass is 581 g/mol. The van der Waals surface area contributed by atoms with E-state index in [0.717, 1.165) is 65.9 Å². The van der Waals surface area contributed by atoms with Gasteiger partial charge in [-0.3, -0.25) is 9.89 Å². The Morgan fingerprint density at radius 1 is 1.12 bits per heavy atom. The lowest BCUT2D eigenvalue weighted by atomic mass is 10.0. The van der Waals surface area contributed by atoms with Crippen molar-refractivity contribution in [1.29, 1.82) is 5.26 Å². The van der Waals surface area contributed by atoms with E-state index in [4.69, 9.17) is 0 Å². The average molecular weight is 582 g/mol. The number of likely N-dealkylation sites (tertiary alicyclic amines) is 1. The molecule has 0 saturated carbocycles. The van der Waals surface area contributed by atoms with E-state index in [9.17, 15) is 22.8 Å². The van der Waals surface area contributed by atoms with Gasteiger partial charge in [0.05, 0.1) is 24.9 Å². The molecule has 5 heterocycles. The van der Waals surface area contributed by atoms with Crippen LogP contribution in [0.1, 0.15) is 34.5 Å². The minimum absolute atomic E-state index is 0.0129. The van der Waals surface area contributed by atoms with Gasteiger partial charge in [0, 0.05) is 47.7 Å². The number of benzene rings is 1. The second-order valence-electron chi connectivity index (χ2n) is 10.5. The normalized spacial score (nSPS) is 16.5. The summed E-state index contributed by atoms with van der Waals surface area (Å²) in [4.78, 5) is 14.5. The molecule has 2 aliphatic rings. The quantitative estimate of drug-likeness (QED) is 0.209. The zero-order valence-electron chi connectivity index (χ0n) is 22.3. The van der Waals surface area contributed by atoms with Gasteiger partial charge in [-0.1, -0.05) is 12.1 Å². The van der Waals surface area contributed by atoms with Crippen LogP contribution in [0.2, 0.25) is 0 Å². The number of aromatic nitrogens is 3. The molecular weight excluding hydrogens is 554 g/mol. The molecule has 1 N–H and O–H groups in total. The van der Waals surface area contributed by atoms with Crippen molar-refractivity contribution in [2.45, 2.75) is 51.5 Å². The molecule has 2 aliphatic heterocycles. The fourth-order valence-electron chi connectivity index (χ4n) is 5.65. The SMILES string of the molecule is Cc1c(CN2CCC(Nc3nc(F)nc4sc(CC(F)(F)F)cc34)CC2)ccc2c1cc(C#N)n2CC1=CCN=C1. The summed E-state index contributed by atoms with van der Waals surface area (Å²) in [5, 5.41) is 14.5. The molecule has 0 aliphatic carbocycles. The number of hydrogen-bond acceptors (Lipinski definition) is 7. The van der Waals surface area contributed by atoms with Gasteiger partial charge in [0.25, 0.3) is 0 Å². The van der Waals surface area contributed by atoms with E-state index in [1.54, 1.807) is 0 Å². The number of nitrogens with one attached hydrogen (secondary N) is 1. The largest absolute Gasteiger partial charge is 0.393 e. The average Bonchev–Trinajstić information content (AvgIpc) is 3.65. The molecule has 0 radical (unpaired) electrons. The number of piperidine rings is 1. The van der Waals surface area contributed by atoms with Crippen molar-refractivity contribution in [3.8, 4) is 6.07 Å². The molecule has 4 aromatic rings. The molecule has 12 heteroatoms. The summed E-state index contributed by atoms with van der Waals surface area (Å²) in [6, 6.07) is 9.93. The van der Waals surface area contributed by atoms with Crippen LogP contribution in [0.4, 0.5) is 23.4 Å². The zero-order valence-corrected chi connectivity index (χ0v) is 23.1. The molecule has 0 amide bonds. The number of nitrogens with zero attached hydrogens (tertiary/aromatic N) is 6. The standard InChI is InChI=1S/C29H27F4N7S/c1-17-19(2-3-25-23(17)10-21(13-34)40(25)15-18-4-7-35-14-18)16-39-8-5-20(6-9-39)36-26-24-11-22(12-29(31,32)33)41-27(24)38-28(30)37-26/h2-4,10-11,14,20H,5-9,12,15-16H2,1H3,(H,36,37,38). The Bertz CT molecular complexity index is 1720. The van der Waals surface area contributed by atoms with Crippen LogP contribution in [-0.4, -0.2) is 57.5 Å². The van der Waals surface area contributed by atoms with Gasteiger partial charge in [-0.05, 0) is 54.7 Å². The topological polar surface area (TPSA) is 82.1 Å². The van der Waals surface area contributed by atoms with Crippen molar-refractivity contribution in [2.24, 2.45) is 4.99 Å². The molecule has 0 spiro atoms. The maximum absolute atomic E-state index is 14.1. The first-order chi connectivity index (χ1) is 19.7. The molecule has 212 valence electrons. The minimum atomic E-state index is -4.35. The summed E-state index contributed by atoms with van der Waals surface area (Å²) in [5.74, 6) is 0.245. The Morgan fingerprint density at radius 2 is 1.93 bits per heavy atom. The molecule has 0 unspecified atom stereocenters. The highest BCUT2D eigenvalue weighted by atomic mass is 32.1. The minimum Gasteiger partial charge on any atom is -0.367 e. The predicted octanol–water partition coefficient (Wildman–Crippen LogP) is 6.16. The van der Waals surface area contributed by atoms with Crippen molar-refractivity contribution < 1.29 is 17.6 Å². The van der Waals surface area contributed by atoms with Crippen molar-refractivity contribution in [2.75, 3.05) is 25.0 Å². The van der Waals surface area contributed by atoms with Crippen molar-refractivity contribution in [1.82, 2.24) is 19.4 Å². The molecular formula is C29H27F4N7S. The maximum Gasteiger partial charge on any atom is 0.393 e. The Balaban J connectivity index is 1.13. The van der Waals surface area contributed by atoms with E-state index in [2.05, 4.69) is 56.4 Å². The third kappa shape index (κ3) is 5.83. The van der Waals surface area contributed by atoms with Crippen LogP contribution in [0.25, 0.3) is 21.1 Å². The molecule has 1 saturated heterocycles. The van der Waals surface area contributed by atoms with Crippen LogP contribution in [0.3, 0.4) is 0 Å². The van der Waals surface area contributed by atoms with Gasteiger partial charge in [-0.25, -0.2) is 0 Å². The Kier molecular flexibility index (Phi) is 7.25. The molecule has 0 bridgehead atoms. The summed E-state index contributed by atoms with van der Waals surface area (Å²) in [7, 11) is 0. The summed E-state index contributed by atoms with van der Waals surface area (Å²) >= 11 is 0.842. The number of halogens is 4. The van der Waals surface area contributed by atoms with E-state index in [1.807, 2.05) is 16.8 Å². The number of alkyl halides is 3. The van der Waals surface area contributed by atoms with Gasteiger partial charge < -0.3 is 9.88 Å². The summed E-state index contributed by atoms with van der Waals surface area (Å²) < 4.78 is 54.8. The van der Waals surface area contributed by atoms with Crippen LogP contribution >= 0.6 is 11.3 Å². The Hall–Kier alpha value is -3.82. The lowest BCUT2D eigenvalue weighted by molar-refractivity contribution is -0.126. The van der Waals surface area contributed by atoms with Crippen molar-refractivity contribution in [3.05, 3.63) is 63.7 Å². The summed E-state index contributed by atoms with van der Waals surface area (Å²) in [5.41, 5.74) is 5.10. The third-order valence-electron chi connectivity index (χ3n) is 7.75. The van der Waals surface area contributed by atoms with E-state index in [1.165, 1.54) is 11.6 Å². The first-order valence-corrected chi connectivity index (χ1v) is 14.2. The molecule has 1 aromatic carbocycles. The van der Waals surface area contributed by atoms with Gasteiger partial charge in [0.1, 0.15) is 22.4 Å². The predicted molar refractivity (Wildman–Crippen MR) is 152 cm³/mol. The number of allylic oxidation sites excluding steroid dienone is 1. The number of hydrogen-bond donors (Lipinski definition) is 1. The van der Waals surface area contributed by atoms with Crippen LogP contribution in [-0.2, 0) is 19.5 Å². The lowest BCUT2D eigenvalue weighted by Gasteiger charge is -2.33. The fraction of sp³-hybridized carbons (Fsp3) is 0.379. The number of rotatable bonds is 7. The number of nitriles is 1. The molecule has 0 atom stereocenters. The number of aliphatic imine (C=N–C) groups is 1. The Morgan fingerprint density at radius 3 is 2.63 bits per heavy atom. The Labute approximate surface area is 237 Å². The smallest absolute Gasteiger partial charge is 0.367 e. The van der Waals surface area contributed by atoms with Crippen molar-refractivity contribution >= 4 is 44.5 Å². The van der Waals surface area contributed by atoms with Gasteiger partial charge >= 0.3 is 12.3 Å². The first kappa shape index (κ1) is 27.4. The van der Waals surface area contributed by atoms with E-state index in [-0.39, 0.29) is 21.6 Å². The highest BCUT2D eigenvalue weighted by Crippen LogP contribution is 2.34. The van der Waals surface area contributed by atoms with Crippen LogP contribution in [0.15, 0.2) is 40.9 Å². The van der Waals surface area contributed by atoms with Gasteiger partial charge in [-0.2, -0.15) is 32.8 Å². The third-order valence-corrected chi connectivity index (χ3v) is 8.78. The molecule has 3 aromatic heterocycles. The van der Waals surface area contributed by atoms with Gasteiger partial charge in [0.2, 0.25) is 0 Å². The molecule has 6 rings (SSSR count). The summed E-state index contributed by atoms with van der Waals surface area (Å²) in [6.07, 6.45) is -0.886. The number of aryl methyl sites for hydroxylation is 1. The summed E-state index contributed by atoms with van der Waals surface area (Å²) in [6.45, 7) is 5.75. The molecule has 7 nitrogen and oxygen atoms in total. The van der Waals surface area contributed by atoms with E-state index in [0.29, 0.717) is 24.2 Å². The highest BCUT2D eigenvalue weighted by molar-refractivity contribution is 7.18. The van der Waals surface area contributed by atoms with Crippen molar-refractivity contribution in [3.63, 3.8) is 0 Å². The number of thiophene rings is 1. The van der Waals surface area contributed by atoms with E-state index < -0.39 is 18.7 Å². The highest BCUT2D eigenvalue weighted by Gasteiger charge is 2.29. The fourth-order valence-corrected chi connectivity index (χ4v) is 6.69. The first-order valence-electron chi connectivity index (χ1n) is 13.4. The second-order valence-corrected chi connectivity index (χ2v) is 11.7. The van der Waals surface area contributed by atoms with E-state index >= 15 is 0 Å². The lowest BCUT2D eigenvalue weighted by Crippen LogP contribution is -2.39. The number of fused-ring (bicyclic) bond motifs is 2. The van der Waals surface area contributed by atoms with Crippen LogP contribution in [0.5, 0.6) is 0 Å². The van der Waals surface area contributed by atoms with Crippen LogP contribution < -0.4 is 5.32 Å². The maximum atomic E-state index is 14.1. The molecule has 41 heavy (non-hydrogen) atoms. The van der Waals surface area contributed by atoms with Gasteiger partial charge in [0.15, 0.2) is 0 Å². The number of anilines is 1. The molecule has 1 fully saturated rings. The van der Waals surface area contributed by atoms with Crippen LogP contribution in [0, 0.1) is 24.3 Å². The second kappa shape index (κ2) is 10.9. The van der Waals surface area contributed by atoms with Gasteiger partial charge in [-0.15, -0.1) is 11.3 Å².